The van der Waals surface area contributed by atoms with Crippen LogP contribution in [-0.4, -0.2) is 11.6 Å². The lowest BCUT2D eigenvalue weighted by atomic mass is 9.99. The Bertz CT molecular complexity index is 455. The van der Waals surface area contributed by atoms with E-state index in [1.165, 1.54) is 10.5 Å². The highest BCUT2D eigenvalue weighted by Gasteiger charge is 2.08. The maximum absolute atomic E-state index is 6.09. The third-order valence-corrected chi connectivity index (χ3v) is 4.61. The van der Waals surface area contributed by atoms with Crippen molar-refractivity contribution in [2.75, 3.05) is 11.6 Å². The second-order valence-corrected chi connectivity index (χ2v) is 6.14. The van der Waals surface area contributed by atoms with Gasteiger partial charge in [0.15, 0.2) is 0 Å². The fourth-order valence-electron chi connectivity index (χ4n) is 2.04. The van der Waals surface area contributed by atoms with Gasteiger partial charge in [-0.15, -0.1) is 23.4 Å². The van der Waals surface area contributed by atoms with E-state index >= 15 is 0 Å². The van der Waals surface area contributed by atoms with Crippen LogP contribution in [0.1, 0.15) is 12.0 Å². The lowest BCUT2D eigenvalue weighted by Crippen LogP contribution is -2.07. The monoisotopic (exact) mass is 290 g/mol. The largest absolute Gasteiger partial charge is 0.126 e. The van der Waals surface area contributed by atoms with E-state index in [0.29, 0.717) is 5.92 Å². The topological polar surface area (TPSA) is 0 Å². The van der Waals surface area contributed by atoms with Gasteiger partial charge in [0.05, 0.1) is 0 Å². The first kappa shape index (κ1) is 14.5. The predicted molar refractivity (Wildman–Crippen MR) is 86.1 cm³/mol. The Morgan fingerprint density at radius 2 is 1.53 bits per heavy atom. The highest BCUT2D eigenvalue weighted by Crippen LogP contribution is 2.22. The SMILES string of the molecule is ClCC(CCSc1ccccc1)Cc1ccccc1. The van der Waals surface area contributed by atoms with Crippen LogP contribution in [0, 0.1) is 5.92 Å². The molecule has 2 aromatic rings. The van der Waals surface area contributed by atoms with Crippen LogP contribution in [0.5, 0.6) is 0 Å². The zero-order valence-electron chi connectivity index (χ0n) is 11.0. The molecule has 0 nitrogen and oxygen atoms in total. The van der Waals surface area contributed by atoms with Crippen LogP contribution in [0.15, 0.2) is 65.6 Å². The normalized spacial score (nSPS) is 12.3. The Balaban J connectivity index is 1.77. The van der Waals surface area contributed by atoms with Gasteiger partial charge < -0.3 is 0 Å². The molecule has 0 aromatic heterocycles. The molecule has 0 aliphatic heterocycles. The van der Waals surface area contributed by atoms with Crippen LogP contribution in [0.3, 0.4) is 0 Å². The van der Waals surface area contributed by atoms with Gasteiger partial charge in [0.25, 0.3) is 0 Å². The summed E-state index contributed by atoms with van der Waals surface area (Å²) in [5, 5.41) is 0. The van der Waals surface area contributed by atoms with Crippen LogP contribution in [0.2, 0.25) is 0 Å². The van der Waals surface area contributed by atoms with Crippen LogP contribution in [0.25, 0.3) is 0 Å². The summed E-state index contributed by atoms with van der Waals surface area (Å²) < 4.78 is 0. The van der Waals surface area contributed by atoms with E-state index in [0.717, 1.165) is 24.5 Å². The van der Waals surface area contributed by atoms with Crippen molar-refractivity contribution in [1.82, 2.24) is 0 Å². The molecule has 0 aliphatic rings. The zero-order chi connectivity index (χ0) is 13.3. The van der Waals surface area contributed by atoms with Crippen LogP contribution < -0.4 is 0 Å². The van der Waals surface area contributed by atoms with Crippen molar-refractivity contribution in [3.05, 3.63) is 66.2 Å². The second kappa shape index (κ2) is 8.29. The average Bonchev–Trinajstić information content (AvgIpc) is 2.48. The van der Waals surface area contributed by atoms with Gasteiger partial charge in [0, 0.05) is 10.8 Å². The smallest absolute Gasteiger partial charge is 0.0255 e. The maximum Gasteiger partial charge on any atom is 0.0255 e. The first-order valence-electron chi connectivity index (χ1n) is 6.66. The van der Waals surface area contributed by atoms with Crippen molar-refractivity contribution in [3.63, 3.8) is 0 Å². The summed E-state index contributed by atoms with van der Waals surface area (Å²) >= 11 is 8.01. The van der Waals surface area contributed by atoms with Gasteiger partial charge >= 0.3 is 0 Å². The third-order valence-electron chi connectivity index (χ3n) is 3.12. The molecule has 2 rings (SSSR count). The zero-order valence-corrected chi connectivity index (χ0v) is 12.5. The fourth-order valence-corrected chi connectivity index (χ4v) is 3.34. The molecule has 1 unspecified atom stereocenters. The number of rotatable bonds is 7. The van der Waals surface area contributed by atoms with E-state index in [4.69, 9.17) is 11.6 Å². The Morgan fingerprint density at radius 3 is 2.16 bits per heavy atom. The number of hydrogen-bond acceptors (Lipinski definition) is 1. The van der Waals surface area contributed by atoms with Gasteiger partial charge in [0.2, 0.25) is 0 Å². The molecule has 2 heteroatoms. The number of alkyl halides is 1. The number of thioether (sulfide) groups is 1. The molecule has 100 valence electrons. The van der Waals surface area contributed by atoms with Crippen LogP contribution >= 0.6 is 23.4 Å². The Labute approximate surface area is 125 Å². The van der Waals surface area contributed by atoms with Crippen LogP contribution in [0.4, 0.5) is 0 Å². The van der Waals surface area contributed by atoms with Gasteiger partial charge in [-0.05, 0) is 42.2 Å². The summed E-state index contributed by atoms with van der Waals surface area (Å²) in [6.07, 6.45) is 2.25. The quantitative estimate of drug-likeness (QED) is 0.495. The summed E-state index contributed by atoms with van der Waals surface area (Å²) in [6, 6.07) is 21.2. The molecule has 0 spiro atoms. The lowest BCUT2D eigenvalue weighted by molar-refractivity contribution is 0.571. The molecule has 0 bridgehead atoms. The van der Waals surface area contributed by atoms with Gasteiger partial charge in [-0.1, -0.05) is 48.5 Å². The van der Waals surface area contributed by atoms with E-state index in [-0.39, 0.29) is 0 Å². The highest BCUT2D eigenvalue weighted by atomic mass is 35.5. The molecule has 0 saturated carbocycles. The van der Waals surface area contributed by atoms with E-state index < -0.39 is 0 Å². The summed E-state index contributed by atoms with van der Waals surface area (Å²) in [7, 11) is 0. The number of benzene rings is 2. The van der Waals surface area contributed by atoms with Gasteiger partial charge in [-0.3, -0.25) is 0 Å². The fraction of sp³-hybridized carbons (Fsp3) is 0.294. The molecule has 0 heterocycles. The molecule has 2 aromatic carbocycles. The summed E-state index contributed by atoms with van der Waals surface area (Å²) in [5.74, 6) is 2.44. The summed E-state index contributed by atoms with van der Waals surface area (Å²) in [5.41, 5.74) is 1.39. The molecular weight excluding hydrogens is 272 g/mol. The number of hydrogen-bond donors (Lipinski definition) is 0. The van der Waals surface area contributed by atoms with E-state index in [2.05, 4.69) is 60.7 Å². The second-order valence-electron chi connectivity index (χ2n) is 4.66. The molecule has 0 aliphatic carbocycles. The highest BCUT2D eigenvalue weighted by molar-refractivity contribution is 7.99. The molecule has 0 saturated heterocycles. The van der Waals surface area contributed by atoms with Gasteiger partial charge in [0.1, 0.15) is 0 Å². The molecule has 19 heavy (non-hydrogen) atoms. The minimum atomic E-state index is 0.570. The molecule has 0 N–H and O–H groups in total. The minimum Gasteiger partial charge on any atom is -0.126 e. The van der Waals surface area contributed by atoms with Crippen molar-refractivity contribution in [1.29, 1.82) is 0 Å². The molecule has 0 radical (unpaired) electrons. The first-order chi connectivity index (χ1) is 9.38. The van der Waals surface area contributed by atoms with Crippen LogP contribution in [-0.2, 0) is 6.42 Å². The average molecular weight is 291 g/mol. The van der Waals surface area contributed by atoms with Gasteiger partial charge in [-0.2, -0.15) is 0 Å². The molecular formula is C17H19ClS. The van der Waals surface area contributed by atoms with Crippen molar-refractivity contribution in [2.24, 2.45) is 5.92 Å². The molecule has 0 amide bonds. The van der Waals surface area contributed by atoms with Crippen molar-refractivity contribution in [3.8, 4) is 0 Å². The maximum atomic E-state index is 6.09. The van der Waals surface area contributed by atoms with E-state index in [1.54, 1.807) is 0 Å². The van der Waals surface area contributed by atoms with Crippen molar-refractivity contribution in [2.45, 2.75) is 17.7 Å². The molecule has 0 fully saturated rings. The van der Waals surface area contributed by atoms with E-state index in [9.17, 15) is 0 Å². The predicted octanol–water partition coefficient (Wildman–Crippen LogP) is 5.27. The Morgan fingerprint density at radius 1 is 0.895 bits per heavy atom. The lowest BCUT2D eigenvalue weighted by Gasteiger charge is -2.13. The number of halogens is 1. The minimum absolute atomic E-state index is 0.570. The van der Waals surface area contributed by atoms with E-state index in [1.807, 2.05) is 11.8 Å². The first-order valence-corrected chi connectivity index (χ1v) is 8.18. The third kappa shape index (κ3) is 5.30. The van der Waals surface area contributed by atoms with Crippen molar-refractivity contribution < 1.29 is 0 Å². The van der Waals surface area contributed by atoms with Gasteiger partial charge in [-0.25, -0.2) is 0 Å². The Hall–Kier alpha value is -0.920. The molecule has 1 atom stereocenters. The standard InChI is InChI=1S/C17H19ClS/c18-14-16(13-15-7-3-1-4-8-15)11-12-19-17-9-5-2-6-10-17/h1-10,16H,11-14H2. The summed E-state index contributed by atoms with van der Waals surface area (Å²) in [4.78, 5) is 1.34. The van der Waals surface area contributed by atoms with Crippen molar-refractivity contribution >= 4 is 23.4 Å². The summed E-state index contributed by atoms with van der Waals surface area (Å²) in [6.45, 7) is 0. The Kier molecular flexibility index (Phi) is 6.32.